The van der Waals surface area contributed by atoms with E-state index in [1.165, 1.54) is 76.1 Å². The van der Waals surface area contributed by atoms with Crippen LogP contribution in [0.15, 0.2) is 71.7 Å². The third kappa shape index (κ3) is 8.55. The van der Waals surface area contributed by atoms with E-state index in [0.717, 1.165) is 40.6 Å². The first-order valence-corrected chi connectivity index (χ1v) is 17.0. The van der Waals surface area contributed by atoms with E-state index in [9.17, 15) is 9.18 Å². The summed E-state index contributed by atoms with van der Waals surface area (Å²) < 4.78 is 25.7. The van der Waals surface area contributed by atoms with E-state index in [1.54, 1.807) is 30.1 Å². The van der Waals surface area contributed by atoms with Crippen LogP contribution in [0.25, 0.3) is 5.57 Å². The molecule has 47 heavy (non-hydrogen) atoms. The number of aromatic nitrogens is 2. The molecule has 8 nitrogen and oxygen atoms in total. The molecular weight excluding hydrogens is 593 g/mol. The molecule has 2 saturated heterocycles. The largest absolute Gasteiger partial charge is 0.492 e. The fraction of sp³-hybridized carbons (Fsp3) is 0.526. The van der Waals surface area contributed by atoms with Gasteiger partial charge in [-0.15, -0.1) is 0 Å². The SMILES string of the molecule is C=C/C(=C1/OCC/C1=C(/C)NCc1cc(F)cc(C=O)c1)c1cn[nH]c1.CNC1CC2(CCN(C(OC(C)(C)C)=C3CCC3)CC2)C1. The van der Waals surface area contributed by atoms with Crippen LogP contribution in [0.2, 0.25) is 0 Å². The minimum absolute atomic E-state index is 0.0826. The predicted octanol–water partition coefficient (Wildman–Crippen LogP) is 7.40. The number of H-pyrrole nitrogens is 1. The van der Waals surface area contributed by atoms with Crippen molar-refractivity contribution in [1.29, 1.82) is 0 Å². The van der Waals surface area contributed by atoms with Crippen LogP contribution >= 0.6 is 0 Å². The van der Waals surface area contributed by atoms with Crippen molar-refractivity contribution >= 4 is 11.9 Å². The fourth-order valence-corrected chi connectivity index (χ4v) is 6.98. The van der Waals surface area contributed by atoms with Gasteiger partial charge in [0.15, 0.2) is 5.88 Å². The van der Waals surface area contributed by atoms with Gasteiger partial charge < -0.3 is 25.0 Å². The van der Waals surface area contributed by atoms with Gasteiger partial charge in [0.25, 0.3) is 0 Å². The number of piperidine rings is 1. The van der Waals surface area contributed by atoms with Gasteiger partial charge in [-0.3, -0.25) is 9.89 Å². The van der Waals surface area contributed by atoms with Crippen LogP contribution in [-0.4, -0.2) is 59.8 Å². The molecule has 3 heterocycles. The summed E-state index contributed by atoms with van der Waals surface area (Å²) in [6.07, 6.45) is 16.0. The summed E-state index contributed by atoms with van der Waals surface area (Å²) in [5, 5.41) is 13.5. The molecule has 4 aliphatic rings. The molecule has 0 radical (unpaired) electrons. The summed E-state index contributed by atoms with van der Waals surface area (Å²) >= 11 is 0. The molecule has 0 unspecified atom stereocenters. The molecular formula is C38H52FN5O3. The molecule has 6 rings (SSSR count). The Morgan fingerprint density at radius 3 is 2.53 bits per heavy atom. The maximum absolute atomic E-state index is 13.6. The zero-order valence-electron chi connectivity index (χ0n) is 28.8. The lowest BCUT2D eigenvalue weighted by molar-refractivity contribution is -0.0405. The Kier molecular flexibility index (Phi) is 11.0. The van der Waals surface area contributed by atoms with E-state index in [4.69, 9.17) is 9.47 Å². The summed E-state index contributed by atoms with van der Waals surface area (Å²) in [6, 6.07) is 5.07. The van der Waals surface area contributed by atoms with Gasteiger partial charge in [0, 0.05) is 66.3 Å². The van der Waals surface area contributed by atoms with Crippen LogP contribution in [0.5, 0.6) is 0 Å². The van der Waals surface area contributed by atoms with Gasteiger partial charge in [0.1, 0.15) is 23.5 Å². The molecule has 9 heteroatoms. The van der Waals surface area contributed by atoms with Crippen molar-refractivity contribution in [3.05, 3.63) is 94.2 Å². The minimum atomic E-state index is -0.421. The number of hydrogen-bond donors (Lipinski definition) is 3. The van der Waals surface area contributed by atoms with Crippen LogP contribution in [0.1, 0.15) is 101 Å². The highest BCUT2D eigenvalue weighted by Crippen LogP contribution is 2.50. The summed E-state index contributed by atoms with van der Waals surface area (Å²) in [6.45, 7) is 15.7. The van der Waals surface area contributed by atoms with Gasteiger partial charge in [-0.25, -0.2) is 4.39 Å². The number of hydrogen-bond acceptors (Lipinski definition) is 7. The molecule has 2 saturated carbocycles. The number of carbonyl (C=O) groups is 1. The Morgan fingerprint density at radius 1 is 1.21 bits per heavy atom. The Hall–Kier alpha value is -3.85. The van der Waals surface area contributed by atoms with Crippen LogP contribution in [0.3, 0.4) is 0 Å². The smallest absolute Gasteiger partial charge is 0.188 e. The highest BCUT2D eigenvalue weighted by Gasteiger charge is 2.46. The second-order valence-electron chi connectivity index (χ2n) is 14.4. The number of ether oxygens (including phenoxy) is 2. The second-order valence-corrected chi connectivity index (χ2v) is 14.4. The Balaban J connectivity index is 0.000000189. The van der Waals surface area contributed by atoms with E-state index in [-0.39, 0.29) is 5.60 Å². The summed E-state index contributed by atoms with van der Waals surface area (Å²) in [4.78, 5) is 13.4. The number of halogens is 1. The second kappa shape index (κ2) is 14.9. The van der Waals surface area contributed by atoms with E-state index in [0.29, 0.717) is 36.0 Å². The Labute approximate surface area is 279 Å². The van der Waals surface area contributed by atoms with Crippen molar-refractivity contribution in [2.75, 3.05) is 26.7 Å². The van der Waals surface area contributed by atoms with E-state index in [2.05, 4.69) is 60.1 Å². The van der Waals surface area contributed by atoms with Gasteiger partial charge in [0.05, 0.1) is 12.8 Å². The first-order valence-electron chi connectivity index (χ1n) is 17.0. The number of aromatic amines is 1. The molecule has 2 aliphatic heterocycles. The molecule has 0 amide bonds. The van der Waals surface area contributed by atoms with E-state index >= 15 is 0 Å². The van der Waals surface area contributed by atoms with Gasteiger partial charge in [-0.05, 0) is 114 Å². The number of aldehydes is 1. The maximum atomic E-state index is 13.6. The van der Waals surface area contributed by atoms with Gasteiger partial charge >= 0.3 is 0 Å². The molecule has 1 aromatic heterocycles. The summed E-state index contributed by atoms with van der Waals surface area (Å²) in [5.74, 6) is 1.59. The molecule has 0 bridgehead atoms. The molecule has 254 valence electrons. The van der Waals surface area contributed by atoms with Crippen LogP contribution in [0, 0.1) is 11.2 Å². The topological polar surface area (TPSA) is 91.5 Å². The number of carbonyl (C=O) groups excluding carboxylic acids is 1. The lowest BCUT2D eigenvalue weighted by atomic mass is 9.60. The number of nitrogens with one attached hydrogen (secondary N) is 3. The maximum Gasteiger partial charge on any atom is 0.188 e. The van der Waals surface area contributed by atoms with Crippen molar-refractivity contribution in [3.8, 4) is 0 Å². The number of nitrogens with zero attached hydrogens (tertiary/aromatic N) is 2. The number of allylic oxidation sites excluding steroid dienone is 5. The van der Waals surface area contributed by atoms with Gasteiger partial charge in [0.2, 0.25) is 0 Å². The average molecular weight is 646 g/mol. The van der Waals surface area contributed by atoms with Crippen LogP contribution in [-0.2, 0) is 16.0 Å². The quantitative estimate of drug-likeness (QED) is 0.193. The Morgan fingerprint density at radius 2 is 1.96 bits per heavy atom. The number of likely N-dealkylation sites (tertiary alicyclic amines) is 1. The number of benzene rings is 1. The van der Waals surface area contributed by atoms with Crippen molar-refractivity contribution in [1.82, 2.24) is 25.7 Å². The van der Waals surface area contributed by atoms with Gasteiger partial charge in [-0.2, -0.15) is 5.10 Å². The molecule has 2 aliphatic carbocycles. The molecule has 1 aromatic carbocycles. The Bertz CT molecular complexity index is 1500. The van der Waals surface area contributed by atoms with Gasteiger partial charge in [-0.1, -0.05) is 12.7 Å². The standard InChI is InChI=1S/C20H20FN3O2.C18H32N2O/c1-3-18(16-10-23-24-11-16)20-19(4-5-26-20)13(2)22-9-14-6-15(12-25)8-17(21)7-14;1-17(2,3)21-16(14-6-5-7-14)20-10-8-18(9-11-20)12-15(13-18)19-4/h3,6-8,10-12,22H,1,4-5,9H2,2H3,(H,23,24);15,19H,5-13H2,1-4H3/b19-13+,20-18-;. The molecule has 4 fully saturated rings. The molecule has 1 spiro atoms. The van der Waals surface area contributed by atoms with E-state index < -0.39 is 5.82 Å². The zero-order valence-corrected chi connectivity index (χ0v) is 28.8. The average Bonchev–Trinajstić information content (AvgIpc) is 3.71. The predicted molar refractivity (Wildman–Crippen MR) is 185 cm³/mol. The summed E-state index contributed by atoms with van der Waals surface area (Å²) in [7, 11) is 2.10. The fourth-order valence-electron chi connectivity index (χ4n) is 6.98. The first kappa shape index (κ1) is 34.5. The third-order valence-electron chi connectivity index (χ3n) is 9.80. The normalized spacial score (nSPS) is 21.1. The zero-order chi connectivity index (χ0) is 33.6. The highest BCUT2D eigenvalue weighted by molar-refractivity contribution is 5.78. The van der Waals surface area contributed by atoms with Crippen LogP contribution in [0.4, 0.5) is 4.39 Å². The van der Waals surface area contributed by atoms with Crippen molar-refractivity contribution in [2.45, 2.75) is 97.2 Å². The summed E-state index contributed by atoms with van der Waals surface area (Å²) in [5.41, 5.74) is 6.92. The van der Waals surface area contributed by atoms with E-state index in [1.807, 2.05) is 6.92 Å². The van der Waals surface area contributed by atoms with Crippen LogP contribution < -0.4 is 10.6 Å². The monoisotopic (exact) mass is 645 g/mol. The van der Waals surface area contributed by atoms with Crippen molar-refractivity contribution < 1.29 is 18.7 Å². The highest BCUT2D eigenvalue weighted by atomic mass is 19.1. The van der Waals surface area contributed by atoms with Crippen molar-refractivity contribution in [3.63, 3.8) is 0 Å². The lowest BCUT2D eigenvalue weighted by Crippen LogP contribution is -2.53. The lowest BCUT2D eigenvalue weighted by Gasteiger charge is -2.53. The molecule has 3 N–H and O–H groups in total. The molecule has 0 atom stereocenters. The third-order valence-corrected chi connectivity index (χ3v) is 9.80. The van der Waals surface area contributed by atoms with Crippen molar-refractivity contribution in [2.24, 2.45) is 5.41 Å². The number of rotatable bonds is 9. The molecule has 2 aromatic rings. The minimum Gasteiger partial charge on any atom is -0.492 e. The first-order chi connectivity index (χ1) is 22.5.